The van der Waals surface area contributed by atoms with E-state index in [2.05, 4.69) is 20.8 Å². The first-order chi connectivity index (χ1) is 16.7. The van der Waals surface area contributed by atoms with Gasteiger partial charge in [-0.3, -0.25) is 14.5 Å². The molecule has 3 heterocycles. The third kappa shape index (κ3) is 4.58. The number of nitrogens with two attached hydrogens (primary N) is 1. The number of carbonyl (C=O) groups excluding carboxylic acids is 2. The lowest BCUT2D eigenvalue weighted by atomic mass is 9.80. The van der Waals surface area contributed by atoms with Crippen LogP contribution in [0.15, 0.2) is 21.8 Å². The van der Waals surface area contributed by atoms with Crippen molar-refractivity contribution in [3.8, 4) is 0 Å². The molecule has 1 unspecified atom stereocenters. The molecule has 1 saturated carbocycles. The summed E-state index contributed by atoms with van der Waals surface area (Å²) in [7, 11) is 0. The van der Waals surface area contributed by atoms with Gasteiger partial charge in [0.05, 0.1) is 0 Å². The molecular formula is C20H24N6O7S2. The van der Waals surface area contributed by atoms with Gasteiger partial charge in [0.25, 0.3) is 11.8 Å². The Balaban J connectivity index is 1.54. The van der Waals surface area contributed by atoms with Crippen molar-refractivity contribution in [3.63, 3.8) is 0 Å². The van der Waals surface area contributed by atoms with Crippen LogP contribution in [-0.2, 0) is 24.0 Å². The van der Waals surface area contributed by atoms with Crippen LogP contribution in [0.2, 0.25) is 0 Å². The average molecular weight is 525 g/mol. The Morgan fingerprint density at radius 2 is 2.11 bits per heavy atom. The van der Waals surface area contributed by atoms with Gasteiger partial charge >= 0.3 is 11.9 Å². The van der Waals surface area contributed by atoms with E-state index in [1.54, 1.807) is 0 Å². The molecule has 0 radical (unpaired) electrons. The summed E-state index contributed by atoms with van der Waals surface area (Å²) in [4.78, 5) is 60.0. The molecule has 0 spiro atoms. The number of carbonyl (C=O) groups is 4. The first kappa shape index (κ1) is 24.9. The van der Waals surface area contributed by atoms with Crippen LogP contribution < -0.4 is 16.4 Å². The number of thioether (sulfide) groups is 1. The fourth-order valence-corrected chi connectivity index (χ4v) is 5.77. The molecule has 0 bridgehead atoms. The summed E-state index contributed by atoms with van der Waals surface area (Å²) in [6.07, 6.45) is 1.13. The highest BCUT2D eigenvalue weighted by Crippen LogP contribution is 2.40. The third-order valence-corrected chi connectivity index (χ3v) is 7.98. The number of thiazole rings is 1. The van der Waals surface area contributed by atoms with Gasteiger partial charge < -0.3 is 31.4 Å². The van der Waals surface area contributed by atoms with E-state index < -0.39 is 40.8 Å². The molecule has 35 heavy (non-hydrogen) atoms. The molecule has 15 heteroatoms. The molecule has 1 aromatic rings. The van der Waals surface area contributed by atoms with Gasteiger partial charge in [0.1, 0.15) is 22.8 Å². The molecule has 4 rings (SSSR count). The highest BCUT2D eigenvalue weighted by Gasteiger charge is 2.54. The second-order valence-corrected chi connectivity index (χ2v) is 10.1. The number of fused-ring (bicyclic) bond motifs is 1. The predicted molar refractivity (Wildman–Crippen MR) is 127 cm³/mol. The number of carboxylic acid groups (broad SMARTS) is 2. The number of hydrogen-bond donors (Lipinski definition) is 5. The maximum atomic E-state index is 13.1. The molecule has 2 atom stereocenters. The number of amides is 2. The van der Waals surface area contributed by atoms with Gasteiger partial charge in [0, 0.05) is 30.5 Å². The minimum Gasteiger partial charge on any atom is -0.478 e. The van der Waals surface area contributed by atoms with Gasteiger partial charge in [-0.1, -0.05) is 12.1 Å². The fourth-order valence-electron chi connectivity index (χ4n) is 3.88. The third-order valence-electron chi connectivity index (χ3n) is 5.97. The lowest BCUT2D eigenvalue weighted by molar-refractivity contribution is -0.178. The number of nitrogens with one attached hydrogen (secondary N) is 2. The zero-order valence-electron chi connectivity index (χ0n) is 18.6. The molecule has 1 saturated heterocycles. The first-order valence-electron chi connectivity index (χ1n) is 10.8. The predicted octanol–water partition coefficient (Wildman–Crippen LogP) is -0.199. The number of oxime groups is 1. The Hall–Kier alpha value is -3.17. The summed E-state index contributed by atoms with van der Waals surface area (Å²) in [6.45, 7) is 2.87. The number of nitrogen functional groups attached to an aromatic ring is 1. The van der Waals surface area contributed by atoms with Crippen LogP contribution in [0.1, 0.15) is 31.9 Å². The van der Waals surface area contributed by atoms with E-state index in [1.165, 1.54) is 22.0 Å². The quantitative estimate of drug-likeness (QED) is 0.154. The van der Waals surface area contributed by atoms with Crippen molar-refractivity contribution in [2.24, 2.45) is 5.16 Å². The van der Waals surface area contributed by atoms with Crippen molar-refractivity contribution in [1.29, 1.82) is 0 Å². The summed E-state index contributed by atoms with van der Waals surface area (Å²) in [6, 6.07) is -0.999. The summed E-state index contributed by atoms with van der Waals surface area (Å²) in [5, 5.41) is 29.7. The van der Waals surface area contributed by atoms with Crippen LogP contribution in [0.5, 0.6) is 0 Å². The van der Waals surface area contributed by atoms with E-state index >= 15 is 0 Å². The maximum Gasteiger partial charge on any atom is 0.352 e. The standard InChI is InChI=1S/C20H24N6O7S2/c1-2-22-6-9-7-34-16-12(15(28)26(16)13(9)17(29)30)24-14(27)11(10-8-35-19(21)23-10)25-33-20(18(31)32)4-3-5-20/h8,12,16,22H,2-7H2,1H3,(H2,21,23)(H,24,27)(H,29,30)(H,31,32)/t12?,16-/m0/s1. The molecular weight excluding hydrogens is 500 g/mol. The smallest absolute Gasteiger partial charge is 0.352 e. The number of nitrogens with zero attached hydrogens (tertiary/aromatic N) is 3. The number of anilines is 1. The zero-order valence-corrected chi connectivity index (χ0v) is 20.3. The number of carboxylic acids is 2. The molecule has 0 aromatic carbocycles. The van der Waals surface area contributed by atoms with Crippen molar-refractivity contribution in [1.82, 2.24) is 20.5 Å². The molecule has 2 fully saturated rings. The van der Waals surface area contributed by atoms with Crippen LogP contribution in [0.3, 0.4) is 0 Å². The number of hydrogen-bond acceptors (Lipinski definition) is 11. The Morgan fingerprint density at radius 3 is 2.66 bits per heavy atom. The number of aliphatic carboxylic acids is 2. The molecule has 3 aliphatic rings. The van der Waals surface area contributed by atoms with Gasteiger partial charge in [-0.25, -0.2) is 14.6 Å². The van der Waals surface area contributed by atoms with Crippen molar-refractivity contribution < 1.29 is 34.2 Å². The highest BCUT2D eigenvalue weighted by molar-refractivity contribution is 8.00. The largest absolute Gasteiger partial charge is 0.478 e. The van der Waals surface area contributed by atoms with E-state index in [4.69, 9.17) is 10.6 Å². The number of β-lactam (4-membered cyclic amide) rings is 1. The summed E-state index contributed by atoms with van der Waals surface area (Å²) < 4.78 is 0. The molecule has 1 aromatic heterocycles. The molecule has 2 aliphatic heterocycles. The SMILES string of the molecule is CCNCC1=C(C(=O)O)N2C(=O)C(NC(=O)C(=NOC3(C(=O)O)CCC3)c3csc(N)n3)[C@@H]2SC1. The van der Waals surface area contributed by atoms with Crippen LogP contribution >= 0.6 is 23.1 Å². The Kier molecular flexibility index (Phi) is 7.00. The molecule has 6 N–H and O–H groups in total. The second-order valence-electron chi connectivity index (χ2n) is 8.15. The Morgan fingerprint density at radius 1 is 1.37 bits per heavy atom. The van der Waals surface area contributed by atoms with E-state index in [1.807, 2.05) is 6.92 Å². The number of aromatic nitrogens is 1. The molecule has 188 valence electrons. The lowest BCUT2D eigenvalue weighted by Gasteiger charge is -2.49. The minimum absolute atomic E-state index is 0.0730. The summed E-state index contributed by atoms with van der Waals surface area (Å²) >= 11 is 2.39. The van der Waals surface area contributed by atoms with Crippen LogP contribution in [0.25, 0.3) is 0 Å². The van der Waals surface area contributed by atoms with Crippen molar-refractivity contribution in [2.75, 3.05) is 24.6 Å². The first-order valence-corrected chi connectivity index (χ1v) is 12.7. The van der Waals surface area contributed by atoms with E-state index in [0.717, 1.165) is 11.3 Å². The van der Waals surface area contributed by atoms with Crippen LogP contribution in [0, 0.1) is 0 Å². The van der Waals surface area contributed by atoms with E-state index in [9.17, 15) is 29.4 Å². The normalized spacial score (nSPS) is 23.2. The fraction of sp³-hybridized carbons (Fsp3) is 0.500. The van der Waals surface area contributed by atoms with E-state index in [0.29, 0.717) is 30.8 Å². The topological polar surface area (TPSA) is 197 Å². The molecule has 2 amide bonds. The van der Waals surface area contributed by atoms with Gasteiger partial charge in [-0.05, 0) is 18.5 Å². The minimum atomic E-state index is -1.51. The van der Waals surface area contributed by atoms with Gasteiger partial charge in [-0.2, -0.15) is 0 Å². The van der Waals surface area contributed by atoms with Crippen molar-refractivity contribution in [2.45, 2.75) is 43.2 Å². The average Bonchev–Trinajstić information content (AvgIpc) is 3.22. The maximum absolute atomic E-state index is 13.1. The zero-order chi connectivity index (χ0) is 25.3. The van der Waals surface area contributed by atoms with E-state index in [-0.39, 0.29) is 35.1 Å². The Bertz CT molecular complexity index is 1130. The van der Waals surface area contributed by atoms with Gasteiger partial charge in [0.15, 0.2) is 10.8 Å². The van der Waals surface area contributed by atoms with Crippen LogP contribution in [0.4, 0.5) is 5.13 Å². The molecule has 13 nitrogen and oxygen atoms in total. The van der Waals surface area contributed by atoms with Crippen molar-refractivity contribution in [3.05, 3.63) is 22.3 Å². The van der Waals surface area contributed by atoms with Crippen LogP contribution in [-0.4, -0.2) is 85.4 Å². The van der Waals surface area contributed by atoms with Gasteiger partial charge in [-0.15, -0.1) is 23.1 Å². The number of likely N-dealkylation sites (N-methyl/N-ethyl adjacent to an activating group) is 1. The summed E-state index contributed by atoms with van der Waals surface area (Å²) in [5.74, 6) is -3.40. The van der Waals surface area contributed by atoms with Gasteiger partial charge in [0.2, 0.25) is 5.60 Å². The molecule has 1 aliphatic carbocycles. The summed E-state index contributed by atoms with van der Waals surface area (Å²) in [5.41, 5.74) is 4.43. The highest BCUT2D eigenvalue weighted by atomic mass is 32.2. The second kappa shape index (κ2) is 9.83. The Labute approximate surface area is 207 Å². The lowest BCUT2D eigenvalue weighted by Crippen LogP contribution is -2.71. The monoisotopic (exact) mass is 524 g/mol. The number of rotatable bonds is 10. The van der Waals surface area contributed by atoms with Crippen molar-refractivity contribution >= 4 is 57.7 Å².